The SMILES string of the molecule is O=[N+]([O-])c1ccc(-c2c3nc(c(-c4cccs4)c4ccc([nH]4)c(-c4ccc([N+](=O)[O-])s4)c4nc(c(-c5cccs5)c5ccc2[nH]5)C=C4)C=C3)s1. The zero-order valence-corrected chi connectivity index (χ0v) is 28.7. The van der Waals surface area contributed by atoms with Crippen LogP contribution in [0, 0.1) is 20.2 Å². The Kier molecular flexibility index (Phi) is 7.24. The van der Waals surface area contributed by atoms with Crippen LogP contribution < -0.4 is 0 Å². The first-order valence-corrected chi connectivity index (χ1v) is 18.5. The molecular formula is C36H20N6O4S4. The van der Waals surface area contributed by atoms with Gasteiger partial charge in [-0.15, -0.1) is 22.7 Å². The number of aromatic nitrogens is 4. The molecule has 2 aliphatic heterocycles. The first-order valence-electron chi connectivity index (χ1n) is 15.1. The topological polar surface area (TPSA) is 144 Å². The molecule has 0 amide bonds. The van der Waals surface area contributed by atoms with Gasteiger partial charge in [-0.1, -0.05) is 34.8 Å². The van der Waals surface area contributed by atoms with Crippen molar-refractivity contribution in [2.45, 2.75) is 0 Å². The van der Waals surface area contributed by atoms with E-state index in [1.54, 1.807) is 34.8 Å². The van der Waals surface area contributed by atoms with Gasteiger partial charge in [0.1, 0.15) is 0 Å². The van der Waals surface area contributed by atoms with Crippen LogP contribution in [0.3, 0.4) is 0 Å². The fourth-order valence-electron chi connectivity index (χ4n) is 6.20. The van der Waals surface area contributed by atoms with Crippen LogP contribution in [0.5, 0.6) is 0 Å². The second-order valence-corrected chi connectivity index (χ2v) is 15.3. The summed E-state index contributed by atoms with van der Waals surface area (Å²) in [7, 11) is 0. The Morgan fingerprint density at radius 1 is 0.480 bits per heavy atom. The van der Waals surface area contributed by atoms with E-state index in [0.29, 0.717) is 21.1 Å². The Hall–Kier alpha value is -5.80. The summed E-state index contributed by atoms with van der Waals surface area (Å²) in [5.41, 5.74) is 9.21. The Labute approximate surface area is 298 Å². The second kappa shape index (κ2) is 12.0. The van der Waals surface area contributed by atoms with E-state index in [1.165, 1.54) is 12.1 Å². The number of hydrogen-bond donors (Lipinski definition) is 2. The Bertz CT molecular complexity index is 2540. The molecule has 7 aromatic heterocycles. The lowest BCUT2D eigenvalue weighted by Gasteiger charge is -2.03. The average molecular weight is 729 g/mol. The number of fused-ring (bicyclic) bond motifs is 8. The maximum atomic E-state index is 11.7. The monoisotopic (exact) mass is 728 g/mol. The molecule has 0 radical (unpaired) electrons. The van der Waals surface area contributed by atoms with E-state index in [0.717, 1.165) is 88.1 Å². The molecule has 0 spiro atoms. The van der Waals surface area contributed by atoms with Crippen molar-refractivity contribution in [3.8, 4) is 41.8 Å². The molecule has 7 aromatic rings. The summed E-state index contributed by atoms with van der Waals surface area (Å²) in [5, 5.41) is 27.6. The third-order valence-corrected chi connectivity index (χ3v) is 12.2. The summed E-state index contributed by atoms with van der Waals surface area (Å²) < 4.78 is 0. The van der Waals surface area contributed by atoms with Crippen LogP contribution in [0.2, 0.25) is 0 Å². The molecule has 8 bridgehead atoms. The van der Waals surface area contributed by atoms with Gasteiger partial charge in [-0.2, -0.15) is 0 Å². The quantitative estimate of drug-likeness (QED) is 0.129. The minimum Gasteiger partial charge on any atom is -0.354 e. The number of aromatic amines is 2. The molecule has 0 unspecified atom stereocenters. The van der Waals surface area contributed by atoms with Crippen molar-refractivity contribution >= 4 is 102 Å². The third kappa shape index (κ3) is 5.13. The minimum atomic E-state index is -0.374. The van der Waals surface area contributed by atoms with Crippen LogP contribution in [0.15, 0.2) is 83.6 Å². The maximum absolute atomic E-state index is 11.7. The van der Waals surface area contributed by atoms with E-state index in [1.807, 2.05) is 83.6 Å². The van der Waals surface area contributed by atoms with Crippen molar-refractivity contribution in [3.05, 3.63) is 127 Å². The smallest absolute Gasteiger partial charge is 0.324 e. The molecule has 0 atom stereocenters. The van der Waals surface area contributed by atoms with Gasteiger partial charge in [0, 0.05) is 76.0 Å². The number of nitro groups is 2. The molecule has 9 heterocycles. The normalized spacial score (nSPS) is 12.2. The van der Waals surface area contributed by atoms with Crippen LogP contribution in [0.4, 0.5) is 10.0 Å². The van der Waals surface area contributed by atoms with E-state index >= 15 is 0 Å². The van der Waals surface area contributed by atoms with Crippen LogP contribution >= 0.6 is 45.3 Å². The summed E-state index contributed by atoms with van der Waals surface area (Å²) in [6.07, 6.45) is 7.83. The molecule has 0 saturated heterocycles. The standard InChI is InChI=1S/C36H20N6O4S4/c43-41(44)31-15-13-29(49-31)35-23-9-5-19(37-23)33(27-3-1-17-47-27)20-6-10-24(38-20)36(30-14-16-32(50-30)42(45)46)26-12-8-22(40-26)34(28-4-2-18-48-28)21-7-11-25(35)39-21/h1-18,37,40H. The number of nitrogens with zero attached hydrogens (tertiary/aromatic N) is 4. The Morgan fingerprint density at radius 3 is 1.14 bits per heavy atom. The molecule has 14 heteroatoms. The van der Waals surface area contributed by atoms with E-state index in [-0.39, 0.29) is 19.8 Å². The molecule has 2 N–H and O–H groups in total. The van der Waals surface area contributed by atoms with E-state index < -0.39 is 0 Å². The minimum absolute atomic E-state index is 0.0467. The molecule has 9 rings (SSSR count). The van der Waals surface area contributed by atoms with Crippen molar-refractivity contribution in [1.29, 1.82) is 0 Å². The molecule has 0 aromatic carbocycles. The molecule has 0 fully saturated rings. The fourth-order valence-corrected chi connectivity index (χ4v) is 9.57. The van der Waals surface area contributed by atoms with Crippen molar-refractivity contribution in [2.75, 3.05) is 0 Å². The Balaban J connectivity index is 1.46. The van der Waals surface area contributed by atoms with Gasteiger partial charge in [0.2, 0.25) is 0 Å². The van der Waals surface area contributed by atoms with Gasteiger partial charge >= 0.3 is 10.0 Å². The van der Waals surface area contributed by atoms with Gasteiger partial charge in [-0.25, -0.2) is 9.97 Å². The average Bonchev–Trinajstić information content (AvgIpc) is 3.95. The summed E-state index contributed by atoms with van der Waals surface area (Å²) in [6.45, 7) is 0. The summed E-state index contributed by atoms with van der Waals surface area (Å²) in [6, 6.07) is 22.6. The predicted octanol–water partition coefficient (Wildman–Crippen LogP) is 11.4. The van der Waals surface area contributed by atoms with Crippen molar-refractivity contribution < 1.29 is 9.85 Å². The van der Waals surface area contributed by atoms with Crippen LogP contribution in [-0.4, -0.2) is 29.8 Å². The highest BCUT2D eigenvalue weighted by molar-refractivity contribution is 7.19. The van der Waals surface area contributed by atoms with E-state index in [9.17, 15) is 20.2 Å². The molecule has 0 saturated carbocycles. The van der Waals surface area contributed by atoms with Gasteiger partial charge in [-0.05, 0) is 83.6 Å². The highest BCUT2D eigenvalue weighted by Crippen LogP contribution is 2.43. The van der Waals surface area contributed by atoms with Crippen LogP contribution in [-0.2, 0) is 0 Å². The molecular weight excluding hydrogens is 709 g/mol. The number of H-pyrrole nitrogens is 2. The molecule has 10 nitrogen and oxygen atoms in total. The number of nitrogens with one attached hydrogen (secondary N) is 2. The van der Waals surface area contributed by atoms with E-state index in [2.05, 4.69) is 9.97 Å². The molecule has 50 heavy (non-hydrogen) atoms. The van der Waals surface area contributed by atoms with Gasteiger partial charge in [0.15, 0.2) is 0 Å². The summed E-state index contributed by atoms with van der Waals surface area (Å²) in [5.74, 6) is 0. The van der Waals surface area contributed by atoms with Crippen LogP contribution in [0.1, 0.15) is 22.8 Å². The molecule has 0 aliphatic carbocycles. The lowest BCUT2D eigenvalue weighted by atomic mass is 10.1. The van der Waals surface area contributed by atoms with Gasteiger partial charge in [0.25, 0.3) is 0 Å². The fraction of sp³-hybridized carbons (Fsp3) is 0. The molecule has 2 aliphatic rings. The van der Waals surface area contributed by atoms with Crippen molar-refractivity contribution in [1.82, 2.24) is 19.9 Å². The van der Waals surface area contributed by atoms with Crippen molar-refractivity contribution in [3.63, 3.8) is 0 Å². The number of hydrogen-bond acceptors (Lipinski definition) is 10. The largest absolute Gasteiger partial charge is 0.354 e. The van der Waals surface area contributed by atoms with Crippen LogP contribution in [0.25, 0.3) is 88.1 Å². The summed E-state index contributed by atoms with van der Waals surface area (Å²) >= 11 is 5.39. The lowest BCUT2D eigenvalue weighted by Crippen LogP contribution is -1.87. The number of rotatable bonds is 6. The Morgan fingerprint density at radius 2 is 0.840 bits per heavy atom. The van der Waals surface area contributed by atoms with E-state index in [4.69, 9.17) is 9.97 Å². The second-order valence-electron chi connectivity index (χ2n) is 11.2. The first-order chi connectivity index (χ1) is 24.4. The zero-order valence-electron chi connectivity index (χ0n) is 25.4. The van der Waals surface area contributed by atoms with Gasteiger partial charge < -0.3 is 9.97 Å². The predicted molar refractivity (Wildman–Crippen MR) is 205 cm³/mol. The first kappa shape index (κ1) is 30.3. The summed E-state index contributed by atoms with van der Waals surface area (Å²) in [4.78, 5) is 43.7. The maximum Gasteiger partial charge on any atom is 0.324 e. The highest BCUT2D eigenvalue weighted by Gasteiger charge is 2.22. The highest BCUT2D eigenvalue weighted by atomic mass is 32.1. The van der Waals surface area contributed by atoms with Gasteiger partial charge in [0.05, 0.1) is 32.6 Å². The molecule has 242 valence electrons. The third-order valence-electron chi connectivity index (χ3n) is 8.33. The van der Waals surface area contributed by atoms with Gasteiger partial charge in [-0.3, -0.25) is 20.2 Å². The zero-order chi connectivity index (χ0) is 33.9. The number of thiophene rings is 4. The lowest BCUT2D eigenvalue weighted by molar-refractivity contribution is -0.380. The van der Waals surface area contributed by atoms with Crippen molar-refractivity contribution in [2.24, 2.45) is 0 Å².